The van der Waals surface area contributed by atoms with Gasteiger partial charge in [-0.2, -0.15) is 0 Å². The molecule has 6 atom stereocenters. The van der Waals surface area contributed by atoms with Crippen molar-refractivity contribution < 1.29 is 49.7 Å². The molecule has 0 radical (unpaired) electrons. The molecule has 6 unspecified atom stereocenters. The van der Waals surface area contributed by atoms with E-state index in [4.69, 9.17) is 35.1 Å². The Kier molecular flexibility index (Phi) is 17.6. The normalized spacial score (nSPS) is 31.3. The van der Waals surface area contributed by atoms with Gasteiger partial charge in [0.15, 0.2) is 9.76 Å². The summed E-state index contributed by atoms with van der Waals surface area (Å²) in [6.45, 7) is 12.6. The van der Waals surface area contributed by atoms with E-state index in [-0.39, 0.29) is 18.0 Å². The molecule has 2 fully saturated rings. The van der Waals surface area contributed by atoms with Crippen molar-refractivity contribution in [3.8, 4) is 0 Å². The van der Waals surface area contributed by atoms with Crippen molar-refractivity contribution >= 4 is 51.4 Å². The third-order valence-corrected chi connectivity index (χ3v) is 22.5. The minimum atomic E-state index is -2.69. The number of hydrogen-bond donors (Lipinski definition) is 0. The van der Waals surface area contributed by atoms with Crippen molar-refractivity contribution in [1.82, 2.24) is 0 Å². The fraction of sp³-hybridized carbons (Fsp3) is 0.950. The zero-order valence-corrected chi connectivity index (χ0v) is 29.1. The molecule has 0 bridgehead atoms. The first-order chi connectivity index (χ1) is 17.1. The van der Waals surface area contributed by atoms with Crippen molar-refractivity contribution in [1.29, 1.82) is 0 Å². The summed E-state index contributed by atoms with van der Waals surface area (Å²) in [5.41, 5.74) is 0. The van der Waals surface area contributed by atoms with Crippen LogP contribution in [-0.2, 0) is 49.7 Å². The van der Waals surface area contributed by atoms with E-state index < -0.39 is 45.5 Å². The highest BCUT2D eigenvalue weighted by Crippen LogP contribution is 2.31. The highest BCUT2D eigenvalue weighted by atomic mass is 28.5. The number of carbonyl (C=O) groups is 1. The van der Waals surface area contributed by atoms with Gasteiger partial charge in [0.1, 0.15) is 6.10 Å². The molecule has 2 aliphatic rings. The number of carbonyl (C=O) groups excluding carboxylic acids is 1. The maximum absolute atomic E-state index is 12.6. The summed E-state index contributed by atoms with van der Waals surface area (Å²) in [5.74, 6) is -0.480. The molecule has 0 saturated carbocycles. The zero-order valence-electron chi connectivity index (χ0n) is 23.4. The smallest absolute Gasteiger partial charge is 0.318 e. The number of ether oxygens (including phenoxy) is 3. The van der Waals surface area contributed by atoms with Crippen LogP contribution < -0.4 is 0 Å². The molecule has 2 saturated heterocycles. The standard InChI is InChI=1S/C18H42O9Si5.C2H6O2/c1-16(18(19)22-10-7-11-28-20-2)15-32(6)26-30(4)24-29(3)25-31(5,27-32)12-8-9-21-13-17-14-23-17;1-3-4-2/h16-17,29-30H,7-15,28H2,1-6H3;1-2H3. The predicted octanol–water partition coefficient (Wildman–Crippen LogP) is 1.63. The van der Waals surface area contributed by atoms with Gasteiger partial charge in [-0.1, -0.05) is 6.92 Å². The topological polar surface area (TPSA) is 113 Å². The molecule has 0 spiro atoms. The van der Waals surface area contributed by atoms with Gasteiger partial charge in [-0.05, 0) is 51.1 Å². The third-order valence-electron chi connectivity index (χ3n) is 5.50. The molecule has 0 N–H and O–H groups in total. The molecular formula is C20H48O11Si5. The summed E-state index contributed by atoms with van der Waals surface area (Å²) in [6, 6.07) is 2.36. The van der Waals surface area contributed by atoms with E-state index in [1.807, 2.05) is 26.6 Å². The summed E-state index contributed by atoms with van der Waals surface area (Å²) >= 11 is 0. The average Bonchev–Trinajstić information content (AvgIpc) is 3.61. The largest absolute Gasteiger partial charge is 0.465 e. The van der Waals surface area contributed by atoms with Crippen LogP contribution in [0.2, 0.25) is 44.3 Å². The predicted molar refractivity (Wildman–Crippen MR) is 148 cm³/mol. The van der Waals surface area contributed by atoms with Crippen molar-refractivity contribution in [2.75, 3.05) is 47.8 Å². The highest BCUT2D eigenvalue weighted by Gasteiger charge is 2.48. The maximum Gasteiger partial charge on any atom is 0.318 e. The quantitative estimate of drug-likeness (QED) is 0.0679. The summed E-state index contributed by atoms with van der Waals surface area (Å²) in [7, 11) is -4.74. The third kappa shape index (κ3) is 15.6. The highest BCUT2D eigenvalue weighted by molar-refractivity contribution is 6.86. The fourth-order valence-electron chi connectivity index (χ4n) is 3.91. The van der Waals surface area contributed by atoms with Gasteiger partial charge in [0, 0.05) is 19.8 Å². The number of hydrogen-bond acceptors (Lipinski definition) is 11. The van der Waals surface area contributed by atoms with Gasteiger partial charge >= 0.3 is 23.1 Å². The van der Waals surface area contributed by atoms with Crippen LogP contribution in [-0.4, -0.2) is 105 Å². The minimum Gasteiger partial charge on any atom is -0.465 e. The lowest BCUT2D eigenvalue weighted by molar-refractivity contribution is -0.248. The molecule has 2 heterocycles. The van der Waals surface area contributed by atoms with Crippen LogP contribution in [0.1, 0.15) is 19.8 Å². The first-order valence-electron chi connectivity index (χ1n) is 12.7. The van der Waals surface area contributed by atoms with E-state index in [0.29, 0.717) is 25.9 Å². The Morgan fingerprint density at radius 1 is 1.06 bits per heavy atom. The Morgan fingerprint density at radius 2 is 1.69 bits per heavy atom. The van der Waals surface area contributed by atoms with Crippen LogP contribution in [0.4, 0.5) is 0 Å². The van der Waals surface area contributed by atoms with E-state index >= 15 is 0 Å². The van der Waals surface area contributed by atoms with Gasteiger partial charge in [-0.25, -0.2) is 9.78 Å². The molecule has 2 aliphatic heterocycles. The van der Waals surface area contributed by atoms with Crippen LogP contribution in [0.15, 0.2) is 0 Å². The fourth-order valence-corrected chi connectivity index (χ4v) is 22.4. The maximum atomic E-state index is 12.6. The number of esters is 1. The van der Waals surface area contributed by atoms with Gasteiger partial charge in [0.05, 0.1) is 40.0 Å². The summed E-state index contributed by atoms with van der Waals surface area (Å²) in [6.07, 6.45) is 1.99. The van der Waals surface area contributed by atoms with E-state index in [1.165, 1.54) is 14.2 Å². The summed E-state index contributed by atoms with van der Waals surface area (Å²) in [4.78, 5) is 20.6. The van der Waals surface area contributed by atoms with Gasteiger partial charge in [-0.3, -0.25) is 4.79 Å². The SMILES string of the molecule is COOC.CO[SiH2]CCCOC(=O)C(C)C[Si]1(C)O[SiH](C)O[SiH](C)O[Si](C)(CCCOCC2CO2)O1. The lowest BCUT2D eigenvalue weighted by Gasteiger charge is -2.43. The summed E-state index contributed by atoms with van der Waals surface area (Å²) in [5, 5.41) is 0. The number of epoxide rings is 1. The molecule has 0 aromatic carbocycles. The second-order valence-electron chi connectivity index (χ2n) is 9.32. The van der Waals surface area contributed by atoms with Crippen LogP contribution in [0.5, 0.6) is 0 Å². The van der Waals surface area contributed by atoms with Crippen molar-refractivity contribution in [3.05, 3.63) is 0 Å². The van der Waals surface area contributed by atoms with Gasteiger partial charge < -0.3 is 35.1 Å². The first kappa shape index (κ1) is 34.2. The van der Waals surface area contributed by atoms with Crippen molar-refractivity contribution in [2.45, 2.75) is 70.2 Å². The van der Waals surface area contributed by atoms with Crippen molar-refractivity contribution in [3.63, 3.8) is 0 Å². The molecule has 0 aromatic rings. The second-order valence-corrected chi connectivity index (χ2v) is 22.5. The lowest BCUT2D eigenvalue weighted by Crippen LogP contribution is -2.59. The Balaban J connectivity index is 0.00000150. The van der Waals surface area contributed by atoms with Crippen LogP contribution in [0.25, 0.3) is 0 Å². The molecule has 0 amide bonds. The Hall–Kier alpha value is 0.194. The van der Waals surface area contributed by atoms with E-state index in [9.17, 15) is 4.79 Å². The molecule has 16 heteroatoms. The number of rotatable bonds is 15. The Labute approximate surface area is 224 Å². The first-order valence-corrected chi connectivity index (χ1v) is 23.5. The molecule has 0 aliphatic carbocycles. The monoisotopic (exact) mass is 604 g/mol. The van der Waals surface area contributed by atoms with Gasteiger partial charge in [-0.15, -0.1) is 0 Å². The van der Waals surface area contributed by atoms with E-state index in [0.717, 1.165) is 31.5 Å². The van der Waals surface area contributed by atoms with E-state index in [2.05, 4.69) is 16.3 Å². The zero-order chi connectivity index (χ0) is 27.0. The van der Waals surface area contributed by atoms with Crippen molar-refractivity contribution in [2.24, 2.45) is 5.92 Å². The molecule has 0 aromatic heterocycles. The van der Waals surface area contributed by atoms with Crippen LogP contribution in [0, 0.1) is 5.92 Å². The van der Waals surface area contributed by atoms with Crippen LogP contribution in [0.3, 0.4) is 0 Å². The molecule has 11 nitrogen and oxygen atoms in total. The Bertz CT molecular complexity index is 604. The van der Waals surface area contributed by atoms with Gasteiger partial charge in [0.25, 0.3) is 18.6 Å². The minimum absolute atomic E-state index is 0.190. The Morgan fingerprint density at radius 3 is 2.28 bits per heavy atom. The van der Waals surface area contributed by atoms with Crippen LogP contribution >= 0.6 is 0 Å². The average molecular weight is 605 g/mol. The molecule has 36 heavy (non-hydrogen) atoms. The lowest BCUT2D eigenvalue weighted by atomic mass is 10.2. The molecular weight excluding hydrogens is 557 g/mol. The molecule has 2 rings (SSSR count). The molecule has 214 valence electrons. The van der Waals surface area contributed by atoms with Gasteiger partial charge in [0.2, 0.25) is 0 Å². The van der Waals surface area contributed by atoms with E-state index in [1.54, 1.807) is 7.11 Å². The summed E-state index contributed by atoms with van der Waals surface area (Å²) < 4.78 is 47.3. The second kappa shape index (κ2) is 18.5.